The van der Waals surface area contributed by atoms with Gasteiger partial charge >= 0.3 is 0 Å². The van der Waals surface area contributed by atoms with Crippen molar-refractivity contribution in [2.24, 2.45) is 7.05 Å². The molecule has 0 spiro atoms. The zero-order valence-corrected chi connectivity index (χ0v) is 13.2. The van der Waals surface area contributed by atoms with Gasteiger partial charge in [-0.1, -0.05) is 19.0 Å². The lowest BCUT2D eigenvalue weighted by molar-refractivity contribution is -0.131. The number of carbonyl (C=O) groups excluding carboxylic acids is 1. The van der Waals surface area contributed by atoms with Crippen LogP contribution < -0.4 is 0 Å². The summed E-state index contributed by atoms with van der Waals surface area (Å²) in [6.07, 6.45) is 5.81. The van der Waals surface area contributed by atoms with Gasteiger partial charge in [-0.25, -0.2) is 0 Å². The molecule has 2 aromatic rings. The number of aromatic nitrogens is 4. The third-order valence-corrected chi connectivity index (χ3v) is 3.94. The summed E-state index contributed by atoms with van der Waals surface area (Å²) >= 11 is 0. The second-order valence-electron chi connectivity index (χ2n) is 6.09. The zero-order valence-electron chi connectivity index (χ0n) is 13.2. The van der Waals surface area contributed by atoms with Crippen molar-refractivity contribution in [2.75, 3.05) is 6.54 Å². The predicted molar refractivity (Wildman–Crippen MR) is 79.0 cm³/mol. The van der Waals surface area contributed by atoms with Gasteiger partial charge in [-0.3, -0.25) is 9.48 Å². The Kier molecular flexibility index (Phi) is 3.96. The van der Waals surface area contributed by atoms with Gasteiger partial charge in [0.15, 0.2) is 5.82 Å². The molecule has 1 fully saturated rings. The summed E-state index contributed by atoms with van der Waals surface area (Å²) in [4.78, 5) is 18.9. The molecule has 7 nitrogen and oxygen atoms in total. The van der Waals surface area contributed by atoms with Crippen molar-refractivity contribution in [3.8, 4) is 0 Å². The SMILES string of the molecule is CC(C)c1nc(C2CCCN2C(=O)Cc2cnn(C)c2)no1. The van der Waals surface area contributed by atoms with Crippen molar-refractivity contribution in [1.29, 1.82) is 0 Å². The van der Waals surface area contributed by atoms with Crippen LogP contribution in [0.2, 0.25) is 0 Å². The lowest BCUT2D eigenvalue weighted by Crippen LogP contribution is -2.32. The second kappa shape index (κ2) is 5.90. The minimum atomic E-state index is -0.0691. The largest absolute Gasteiger partial charge is 0.339 e. The van der Waals surface area contributed by atoms with Gasteiger partial charge in [0, 0.05) is 25.7 Å². The van der Waals surface area contributed by atoms with Crippen LogP contribution in [0.25, 0.3) is 0 Å². The maximum absolute atomic E-state index is 12.6. The van der Waals surface area contributed by atoms with Crippen LogP contribution >= 0.6 is 0 Å². The number of carbonyl (C=O) groups is 1. The zero-order chi connectivity index (χ0) is 15.7. The van der Waals surface area contributed by atoms with Gasteiger partial charge in [0.1, 0.15) is 0 Å². The van der Waals surface area contributed by atoms with Gasteiger partial charge in [-0.2, -0.15) is 10.1 Å². The molecule has 118 valence electrons. The van der Waals surface area contributed by atoms with Gasteiger partial charge in [0.25, 0.3) is 0 Å². The van der Waals surface area contributed by atoms with Crippen molar-refractivity contribution < 1.29 is 9.32 Å². The van der Waals surface area contributed by atoms with Crippen LogP contribution in [0.15, 0.2) is 16.9 Å². The minimum absolute atomic E-state index is 0.0691. The van der Waals surface area contributed by atoms with E-state index in [9.17, 15) is 4.79 Å². The van der Waals surface area contributed by atoms with E-state index in [1.165, 1.54) is 0 Å². The molecule has 3 rings (SSSR count). The van der Waals surface area contributed by atoms with Gasteiger partial charge < -0.3 is 9.42 Å². The van der Waals surface area contributed by atoms with Gasteiger partial charge in [-0.05, 0) is 18.4 Å². The number of nitrogens with zero attached hydrogens (tertiary/aromatic N) is 5. The average Bonchev–Trinajstić information content (AvgIpc) is 3.16. The highest BCUT2D eigenvalue weighted by Gasteiger charge is 2.33. The summed E-state index contributed by atoms with van der Waals surface area (Å²) in [5.74, 6) is 1.54. The lowest BCUT2D eigenvalue weighted by atomic mass is 10.2. The number of rotatable bonds is 4. The lowest BCUT2D eigenvalue weighted by Gasteiger charge is -2.21. The van der Waals surface area contributed by atoms with E-state index in [1.54, 1.807) is 10.9 Å². The molecule has 2 aromatic heterocycles. The number of amides is 1. The second-order valence-corrected chi connectivity index (χ2v) is 6.09. The monoisotopic (exact) mass is 303 g/mol. The fourth-order valence-corrected chi connectivity index (χ4v) is 2.79. The maximum Gasteiger partial charge on any atom is 0.229 e. The first-order valence-electron chi connectivity index (χ1n) is 7.65. The molecule has 0 bridgehead atoms. The Hall–Kier alpha value is -2.18. The van der Waals surface area contributed by atoms with E-state index in [0.29, 0.717) is 18.1 Å². The molecule has 0 N–H and O–H groups in total. The fourth-order valence-electron chi connectivity index (χ4n) is 2.79. The molecule has 1 amide bonds. The fraction of sp³-hybridized carbons (Fsp3) is 0.600. The molecule has 22 heavy (non-hydrogen) atoms. The standard InChI is InChI=1S/C15H21N5O2/c1-10(2)15-17-14(18-22-15)12-5-4-6-20(12)13(21)7-11-8-16-19(3)9-11/h8-10,12H,4-7H2,1-3H3. The van der Waals surface area contributed by atoms with Crippen LogP contribution in [-0.2, 0) is 18.3 Å². The van der Waals surface area contributed by atoms with Gasteiger partial charge in [-0.15, -0.1) is 0 Å². The summed E-state index contributed by atoms with van der Waals surface area (Å²) in [6.45, 7) is 4.77. The highest BCUT2D eigenvalue weighted by Crippen LogP contribution is 2.31. The molecule has 1 aliphatic rings. The Balaban J connectivity index is 1.73. The quantitative estimate of drug-likeness (QED) is 0.861. The molecule has 1 saturated heterocycles. The predicted octanol–water partition coefficient (Wildman–Crippen LogP) is 1.83. The Morgan fingerprint density at radius 2 is 2.32 bits per heavy atom. The molecule has 0 aliphatic carbocycles. The summed E-state index contributed by atoms with van der Waals surface area (Å²) in [5.41, 5.74) is 0.925. The first-order valence-corrected chi connectivity index (χ1v) is 7.65. The van der Waals surface area contributed by atoms with Crippen molar-refractivity contribution >= 4 is 5.91 Å². The highest BCUT2D eigenvalue weighted by molar-refractivity contribution is 5.79. The third-order valence-electron chi connectivity index (χ3n) is 3.94. The normalized spacial score (nSPS) is 18.4. The highest BCUT2D eigenvalue weighted by atomic mass is 16.5. The van der Waals surface area contributed by atoms with E-state index >= 15 is 0 Å². The first kappa shape index (κ1) is 14.7. The molecule has 1 aliphatic heterocycles. The molecule has 1 unspecified atom stereocenters. The Labute approximate surface area is 129 Å². The summed E-state index contributed by atoms with van der Waals surface area (Å²) in [5, 5.41) is 8.17. The van der Waals surface area contributed by atoms with Gasteiger partial charge in [0.05, 0.1) is 18.7 Å². The smallest absolute Gasteiger partial charge is 0.229 e. The van der Waals surface area contributed by atoms with Crippen molar-refractivity contribution in [3.63, 3.8) is 0 Å². The Bertz CT molecular complexity index is 660. The molecule has 0 saturated carbocycles. The van der Waals surface area contributed by atoms with Crippen molar-refractivity contribution in [3.05, 3.63) is 29.7 Å². The number of hydrogen-bond acceptors (Lipinski definition) is 5. The summed E-state index contributed by atoms with van der Waals surface area (Å²) in [7, 11) is 1.85. The molecule has 0 radical (unpaired) electrons. The van der Waals surface area contributed by atoms with E-state index in [0.717, 1.165) is 24.9 Å². The van der Waals surface area contributed by atoms with Crippen molar-refractivity contribution in [2.45, 2.75) is 45.1 Å². The topological polar surface area (TPSA) is 77.1 Å². The van der Waals surface area contributed by atoms with E-state index < -0.39 is 0 Å². The third kappa shape index (κ3) is 2.88. The van der Waals surface area contributed by atoms with E-state index in [-0.39, 0.29) is 17.9 Å². The number of aryl methyl sites for hydroxylation is 1. The molecule has 1 atom stereocenters. The number of likely N-dealkylation sites (tertiary alicyclic amines) is 1. The average molecular weight is 303 g/mol. The Morgan fingerprint density at radius 1 is 1.50 bits per heavy atom. The summed E-state index contributed by atoms with van der Waals surface area (Å²) in [6, 6.07) is -0.0691. The molecular weight excluding hydrogens is 282 g/mol. The van der Waals surface area contributed by atoms with Crippen LogP contribution in [-0.4, -0.2) is 37.3 Å². The van der Waals surface area contributed by atoms with Crippen molar-refractivity contribution in [1.82, 2.24) is 24.8 Å². The molecular formula is C15H21N5O2. The number of hydrogen-bond donors (Lipinski definition) is 0. The first-order chi connectivity index (χ1) is 10.5. The minimum Gasteiger partial charge on any atom is -0.339 e. The van der Waals surface area contributed by atoms with Crippen LogP contribution in [0.5, 0.6) is 0 Å². The molecule has 7 heteroatoms. The molecule has 0 aromatic carbocycles. The van der Waals surface area contributed by atoms with E-state index in [1.807, 2.05) is 32.0 Å². The van der Waals surface area contributed by atoms with Crippen LogP contribution in [0, 0.1) is 0 Å². The van der Waals surface area contributed by atoms with E-state index in [4.69, 9.17) is 4.52 Å². The Morgan fingerprint density at radius 3 is 2.95 bits per heavy atom. The molecule has 3 heterocycles. The summed E-state index contributed by atoms with van der Waals surface area (Å²) < 4.78 is 6.98. The maximum atomic E-state index is 12.6. The van der Waals surface area contributed by atoms with Crippen LogP contribution in [0.1, 0.15) is 55.9 Å². The van der Waals surface area contributed by atoms with Crippen LogP contribution in [0.3, 0.4) is 0 Å². The van der Waals surface area contributed by atoms with E-state index in [2.05, 4.69) is 15.2 Å². The van der Waals surface area contributed by atoms with Gasteiger partial charge in [0.2, 0.25) is 11.8 Å². The van der Waals surface area contributed by atoms with Crippen LogP contribution in [0.4, 0.5) is 0 Å².